The van der Waals surface area contributed by atoms with Crippen molar-refractivity contribution in [2.24, 2.45) is 0 Å². The van der Waals surface area contributed by atoms with Gasteiger partial charge in [-0.05, 0) is 82.9 Å². The lowest BCUT2D eigenvalue weighted by molar-refractivity contribution is 0.0288. The SMILES string of the molecule is CC(C)(C)OC(=O)N1CC[C@@H](n2cc(CCc3ccc4c(n3)CCCC4)cn2)C1. The molecule has 2 aromatic rings. The highest BCUT2D eigenvalue weighted by Gasteiger charge is 2.31. The third kappa shape index (κ3) is 4.98. The Morgan fingerprint density at radius 1 is 1.21 bits per heavy atom. The number of ether oxygens (including phenoxy) is 1. The first-order valence-corrected chi connectivity index (χ1v) is 10.9. The molecule has 4 rings (SSSR count). The van der Waals surface area contributed by atoms with Gasteiger partial charge in [-0.1, -0.05) is 6.07 Å². The second-order valence-corrected chi connectivity index (χ2v) is 9.31. The second kappa shape index (κ2) is 8.17. The molecule has 3 heterocycles. The Labute approximate surface area is 173 Å². The fourth-order valence-corrected chi connectivity index (χ4v) is 4.20. The number of aryl methyl sites for hydroxylation is 4. The number of carbonyl (C=O) groups excluding carboxylic acids is 1. The van der Waals surface area contributed by atoms with Gasteiger partial charge in [0.25, 0.3) is 0 Å². The average molecular weight is 397 g/mol. The molecule has 0 radical (unpaired) electrons. The Hall–Kier alpha value is -2.37. The van der Waals surface area contributed by atoms with Crippen molar-refractivity contribution in [2.75, 3.05) is 13.1 Å². The monoisotopic (exact) mass is 396 g/mol. The largest absolute Gasteiger partial charge is 0.444 e. The van der Waals surface area contributed by atoms with Crippen molar-refractivity contribution in [2.45, 2.75) is 77.4 Å². The zero-order valence-electron chi connectivity index (χ0n) is 17.9. The molecule has 1 aliphatic carbocycles. The third-order valence-corrected chi connectivity index (χ3v) is 5.75. The summed E-state index contributed by atoms with van der Waals surface area (Å²) in [5, 5.41) is 4.57. The number of pyridine rings is 1. The van der Waals surface area contributed by atoms with Gasteiger partial charge < -0.3 is 9.64 Å². The lowest BCUT2D eigenvalue weighted by atomic mass is 9.95. The lowest BCUT2D eigenvalue weighted by Crippen LogP contribution is -2.35. The fourth-order valence-electron chi connectivity index (χ4n) is 4.20. The minimum absolute atomic E-state index is 0.220. The van der Waals surface area contributed by atoms with Gasteiger partial charge in [-0.25, -0.2) is 4.79 Å². The van der Waals surface area contributed by atoms with Gasteiger partial charge in [0.15, 0.2) is 0 Å². The van der Waals surface area contributed by atoms with Crippen LogP contribution < -0.4 is 0 Å². The first-order valence-electron chi connectivity index (χ1n) is 10.9. The zero-order chi connectivity index (χ0) is 20.4. The Kier molecular flexibility index (Phi) is 5.61. The molecule has 156 valence electrons. The van der Waals surface area contributed by atoms with E-state index in [1.54, 1.807) is 4.90 Å². The van der Waals surface area contributed by atoms with Crippen molar-refractivity contribution in [3.05, 3.63) is 47.0 Å². The van der Waals surface area contributed by atoms with Crippen molar-refractivity contribution < 1.29 is 9.53 Å². The maximum absolute atomic E-state index is 12.3. The summed E-state index contributed by atoms with van der Waals surface area (Å²) in [4.78, 5) is 18.9. The predicted octanol–water partition coefficient (Wildman–Crippen LogP) is 4.12. The summed E-state index contributed by atoms with van der Waals surface area (Å²) >= 11 is 0. The minimum atomic E-state index is -0.460. The smallest absolute Gasteiger partial charge is 0.410 e. The summed E-state index contributed by atoms with van der Waals surface area (Å²) in [5.41, 5.74) is 4.68. The fraction of sp³-hybridized carbons (Fsp3) is 0.609. The van der Waals surface area contributed by atoms with Crippen LogP contribution in [0.5, 0.6) is 0 Å². The molecule has 2 aliphatic rings. The maximum atomic E-state index is 12.3. The highest BCUT2D eigenvalue weighted by Crippen LogP contribution is 2.24. The van der Waals surface area contributed by atoms with Crippen LogP contribution in [0.15, 0.2) is 24.5 Å². The number of nitrogens with zero attached hydrogens (tertiary/aromatic N) is 4. The zero-order valence-corrected chi connectivity index (χ0v) is 17.9. The van der Waals surface area contributed by atoms with Crippen molar-refractivity contribution in [1.82, 2.24) is 19.7 Å². The van der Waals surface area contributed by atoms with E-state index in [1.807, 2.05) is 31.6 Å². The van der Waals surface area contributed by atoms with E-state index >= 15 is 0 Å². The number of hydrogen-bond acceptors (Lipinski definition) is 4. The molecule has 1 amide bonds. The van der Waals surface area contributed by atoms with Gasteiger partial charge in [0.2, 0.25) is 0 Å². The molecule has 0 bridgehead atoms. The molecule has 0 N–H and O–H groups in total. The van der Waals surface area contributed by atoms with E-state index in [0.29, 0.717) is 13.1 Å². The Bertz CT molecular complexity index is 868. The molecule has 0 unspecified atom stereocenters. The first kappa shape index (κ1) is 19.9. The molecule has 6 nitrogen and oxygen atoms in total. The Morgan fingerprint density at radius 3 is 2.86 bits per heavy atom. The summed E-state index contributed by atoms with van der Waals surface area (Å²) in [5.74, 6) is 0. The standard InChI is InChI=1S/C23H32N4O2/c1-23(2,3)29-22(28)26-13-12-20(16-26)27-15-17(14-24-27)8-10-19-11-9-18-6-4-5-7-21(18)25-19/h9,11,14-15,20H,4-8,10,12-13,16H2,1-3H3/t20-/m1/s1. The van der Waals surface area contributed by atoms with Crippen LogP contribution in [0.2, 0.25) is 0 Å². The molecule has 1 aliphatic heterocycles. The molecule has 0 saturated carbocycles. The number of likely N-dealkylation sites (tertiary alicyclic amines) is 1. The van der Waals surface area contributed by atoms with Crippen molar-refractivity contribution >= 4 is 6.09 Å². The third-order valence-electron chi connectivity index (χ3n) is 5.75. The normalized spacial score (nSPS) is 19.3. The van der Waals surface area contributed by atoms with Crippen LogP contribution in [0.1, 0.15) is 68.6 Å². The number of carbonyl (C=O) groups is 1. The second-order valence-electron chi connectivity index (χ2n) is 9.31. The predicted molar refractivity (Wildman–Crippen MR) is 112 cm³/mol. The lowest BCUT2D eigenvalue weighted by Gasteiger charge is -2.24. The van der Waals surface area contributed by atoms with Crippen LogP contribution in [0, 0.1) is 0 Å². The molecule has 1 saturated heterocycles. The van der Waals surface area contributed by atoms with E-state index in [2.05, 4.69) is 23.4 Å². The molecule has 29 heavy (non-hydrogen) atoms. The van der Waals surface area contributed by atoms with E-state index in [-0.39, 0.29) is 12.1 Å². The van der Waals surface area contributed by atoms with Crippen LogP contribution in [0.4, 0.5) is 4.79 Å². The number of fused-ring (bicyclic) bond motifs is 1. The van der Waals surface area contributed by atoms with E-state index in [4.69, 9.17) is 9.72 Å². The highest BCUT2D eigenvalue weighted by atomic mass is 16.6. The van der Waals surface area contributed by atoms with Gasteiger partial charge in [-0.2, -0.15) is 5.10 Å². The average Bonchev–Trinajstić information content (AvgIpc) is 3.34. The van der Waals surface area contributed by atoms with Crippen molar-refractivity contribution in [3.8, 4) is 0 Å². The summed E-state index contributed by atoms with van der Waals surface area (Å²) < 4.78 is 7.50. The molecule has 0 spiro atoms. The summed E-state index contributed by atoms with van der Waals surface area (Å²) in [6.07, 6.45) is 11.5. The molecule has 1 fully saturated rings. The summed E-state index contributed by atoms with van der Waals surface area (Å²) in [6, 6.07) is 4.67. The van der Waals surface area contributed by atoms with Gasteiger partial charge in [0, 0.05) is 30.7 Å². The maximum Gasteiger partial charge on any atom is 0.410 e. The quantitative estimate of drug-likeness (QED) is 0.780. The van der Waals surface area contributed by atoms with Crippen LogP contribution in [-0.4, -0.2) is 44.4 Å². The Morgan fingerprint density at radius 2 is 2.03 bits per heavy atom. The van der Waals surface area contributed by atoms with E-state index in [9.17, 15) is 4.79 Å². The molecular formula is C23H32N4O2. The van der Waals surface area contributed by atoms with Gasteiger partial charge in [-0.15, -0.1) is 0 Å². The Balaban J connectivity index is 1.31. The number of amides is 1. The van der Waals surface area contributed by atoms with Crippen molar-refractivity contribution in [1.29, 1.82) is 0 Å². The van der Waals surface area contributed by atoms with Gasteiger partial charge in [-0.3, -0.25) is 9.67 Å². The highest BCUT2D eigenvalue weighted by molar-refractivity contribution is 5.68. The number of hydrogen-bond donors (Lipinski definition) is 0. The molecule has 6 heteroatoms. The van der Waals surface area contributed by atoms with Crippen LogP contribution in [0.3, 0.4) is 0 Å². The van der Waals surface area contributed by atoms with Crippen molar-refractivity contribution in [3.63, 3.8) is 0 Å². The number of rotatable bonds is 4. The van der Waals surface area contributed by atoms with Gasteiger partial charge in [0.05, 0.1) is 12.2 Å². The molecule has 2 aromatic heterocycles. The molecule has 0 aromatic carbocycles. The summed E-state index contributed by atoms with van der Waals surface area (Å²) in [7, 11) is 0. The first-order chi connectivity index (χ1) is 13.9. The van der Waals surface area contributed by atoms with Gasteiger partial charge in [0.1, 0.15) is 5.60 Å². The van der Waals surface area contributed by atoms with Gasteiger partial charge >= 0.3 is 6.09 Å². The summed E-state index contributed by atoms with van der Waals surface area (Å²) in [6.45, 7) is 7.07. The molecular weight excluding hydrogens is 364 g/mol. The minimum Gasteiger partial charge on any atom is -0.444 e. The van der Waals surface area contributed by atoms with E-state index in [0.717, 1.165) is 25.7 Å². The molecule has 1 atom stereocenters. The van der Waals surface area contributed by atoms with Crippen LogP contribution >= 0.6 is 0 Å². The van der Waals surface area contributed by atoms with E-state index in [1.165, 1.54) is 41.8 Å². The van der Waals surface area contributed by atoms with Crippen LogP contribution in [-0.2, 0) is 30.4 Å². The number of aromatic nitrogens is 3. The van der Waals surface area contributed by atoms with E-state index < -0.39 is 5.60 Å². The van der Waals surface area contributed by atoms with Crippen LogP contribution in [0.25, 0.3) is 0 Å². The topological polar surface area (TPSA) is 60.2 Å².